The van der Waals surface area contributed by atoms with E-state index in [1.165, 1.54) is 12.8 Å². The van der Waals surface area contributed by atoms with Crippen LogP contribution in [0.3, 0.4) is 0 Å². The van der Waals surface area contributed by atoms with Gasteiger partial charge < -0.3 is 10.2 Å². The highest BCUT2D eigenvalue weighted by Crippen LogP contribution is 2.25. The molecule has 0 saturated carbocycles. The molecule has 1 atom stereocenters. The van der Waals surface area contributed by atoms with Crippen molar-refractivity contribution in [3.63, 3.8) is 0 Å². The topological polar surface area (TPSA) is 32.3 Å². The number of rotatable bonds is 2. The fourth-order valence-corrected chi connectivity index (χ4v) is 3.66. The minimum Gasteiger partial charge on any atom is -0.341 e. The Morgan fingerprint density at radius 1 is 1.35 bits per heavy atom. The predicted molar refractivity (Wildman–Crippen MR) is 73.3 cm³/mol. The Morgan fingerprint density at radius 3 is 2.59 bits per heavy atom. The summed E-state index contributed by atoms with van der Waals surface area (Å²) in [6.07, 6.45) is 2.37. The fourth-order valence-electron chi connectivity index (χ4n) is 2.73. The van der Waals surface area contributed by atoms with Crippen molar-refractivity contribution >= 4 is 17.7 Å². The van der Waals surface area contributed by atoms with Gasteiger partial charge >= 0.3 is 0 Å². The highest BCUT2D eigenvalue weighted by molar-refractivity contribution is 7.99. The van der Waals surface area contributed by atoms with Gasteiger partial charge in [0.2, 0.25) is 5.91 Å². The largest absolute Gasteiger partial charge is 0.341 e. The van der Waals surface area contributed by atoms with Gasteiger partial charge in [0.15, 0.2) is 0 Å². The van der Waals surface area contributed by atoms with Crippen molar-refractivity contribution in [2.45, 2.75) is 32.7 Å². The van der Waals surface area contributed by atoms with E-state index < -0.39 is 0 Å². The molecule has 0 bridgehead atoms. The summed E-state index contributed by atoms with van der Waals surface area (Å²) in [4.78, 5) is 14.4. The van der Waals surface area contributed by atoms with Crippen molar-refractivity contribution in [1.82, 2.24) is 10.2 Å². The third-order valence-corrected chi connectivity index (χ3v) is 5.08. The molecule has 2 fully saturated rings. The van der Waals surface area contributed by atoms with Crippen molar-refractivity contribution < 1.29 is 4.79 Å². The molecular weight excluding hydrogens is 232 g/mol. The summed E-state index contributed by atoms with van der Waals surface area (Å²) in [6, 6.07) is 0.0735. The Bertz CT molecular complexity index is 256. The first-order valence-corrected chi connectivity index (χ1v) is 7.94. The van der Waals surface area contributed by atoms with Crippen LogP contribution in [0.2, 0.25) is 0 Å². The van der Waals surface area contributed by atoms with E-state index in [1.807, 2.05) is 11.8 Å². The summed E-state index contributed by atoms with van der Waals surface area (Å²) in [7, 11) is 0. The molecule has 98 valence electrons. The summed E-state index contributed by atoms with van der Waals surface area (Å²) in [5.41, 5.74) is 0. The highest BCUT2D eigenvalue weighted by Gasteiger charge is 2.29. The quantitative estimate of drug-likeness (QED) is 0.814. The summed E-state index contributed by atoms with van der Waals surface area (Å²) in [5, 5.41) is 3.34. The minimum absolute atomic E-state index is 0.0735. The SMILES string of the molecule is CC(C)C1CCN(C(=O)C2CSCCN2)CC1. The van der Waals surface area contributed by atoms with Gasteiger partial charge in [0.05, 0.1) is 6.04 Å². The zero-order valence-electron chi connectivity index (χ0n) is 10.9. The smallest absolute Gasteiger partial charge is 0.240 e. The van der Waals surface area contributed by atoms with Crippen LogP contribution in [-0.4, -0.2) is 48.0 Å². The Kier molecular flexibility index (Phi) is 4.74. The molecule has 2 saturated heterocycles. The number of carbonyl (C=O) groups excluding carboxylic acids is 1. The number of hydrogen-bond acceptors (Lipinski definition) is 3. The molecule has 0 aromatic rings. The average molecular weight is 256 g/mol. The van der Waals surface area contributed by atoms with Gasteiger partial charge in [-0.05, 0) is 24.7 Å². The van der Waals surface area contributed by atoms with Crippen LogP contribution in [0.15, 0.2) is 0 Å². The first-order valence-electron chi connectivity index (χ1n) is 6.78. The number of carbonyl (C=O) groups is 1. The van der Waals surface area contributed by atoms with Gasteiger partial charge in [-0.1, -0.05) is 13.8 Å². The van der Waals surface area contributed by atoms with Crippen LogP contribution in [0.25, 0.3) is 0 Å². The van der Waals surface area contributed by atoms with Gasteiger partial charge in [-0.15, -0.1) is 0 Å². The van der Waals surface area contributed by atoms with Crippen LogP contribution in [0, 0.1) is 11.8 Å². The van der Waals surface area contributed by atoms with Crippen LogP contribution in [0.1, 0.15) is 26.7 Å². The molecule has 17 heavy (non-hydrogen) atoms. The maximum absolute atomic E-state index is 12.3. The lowest BCUT2D eigenvalue weighted by molar-refractivity contribution is -0.134. The van der Waals surface area contributed by atoms with Crippen LogP contribution in [-0.2, 0) is 4.79 Å². The first-order chi connectivity index (χ1) is 8.18. The summed E-state index contributed by atoms with van der Waals surface area (Å²) in [6.45, 7) is 7.49. The average Bonchev–Trinajstić information content (AvgIpc) is 2.39. The van der Waals surface area contributed by atoms with E-state index in [0.29, 0.717) is 5.91 Å². The monoisotopic (exact) mass is 256 g/mol. The molecule has 2 rings (SSSR count). The van der Waals surface area contributed by atoms with Gasteiger partial charge in [0, 0.05) is 31.1 Å². The molecule has 2 aliphatic heterocycles. The molecule has 2 aliphatic rings. The molecule has 0 radical (unpaired) electrons. The Hall–Kier alpha value is -0.220. The van der Waals surface area contributed by atoms with E-state index in [1.54, 1.807) is 0 Å². The van der Waals surface area contributed by atoms with Crippen LogP contribution < -0.4 is 5.32 Å². The lowest BCUT2D eigenvalue weighted by Crippen LogP contribution is -2.52. The lowest BCUT2D eigenvalue weighted by atomic mass is 9.86. The van der Waals surface area contributed by atoms with Crippen molar-refractivity contribution in [3.05, 3.63) is 0 Å². The number of thioether (sulfide) groups is 1. The fraction of sp³-hybridized carbons (Fsp3) is 0.923. The molecule has 2 heterocycles. The predicted octanol–water partition coefficient (Wildman–Crippen LogP) is 1.59. The van der Waals surface area contributed by atoms with Crippen molar-refractivity contribution in [2.24, 2.45) is 11.8 Å². The second-order valence-corrected chi connectivity index (χ2v) is 6.64. The highest BCUT2D eigenvalue weighted by atomic mass is 32.2. The van der Waals surface area contributed by atoms with E-state index in [9.17, 15) is 4.79 Å². The summed E-state index contributed by atoms with van der Waals surface area (Å²) >= 11 is 1.89. The number of likely N-dealkylation sites (tertiary alicyclic amines) is 1. The number of hydrogen-bond donors (Lipinski definition) is 1. The van der Waals surface area contributed by atoms with Crippen molar-refractivity contribution in [3.8, 4) is 0 Å². The van der Waals surface area contributed by atoms with Gasteiger partial charge in [-0.3, -0.25) is 4.79 Å². The van der Waals surface area contributed by atoms with Gasteiger partial charge in [0.1, 0.15) is 0 Å². The number of piperidine rings is 1. The minimum atomic E-state index is 0.0735. The molecule has 4 heteroatoms. The maximum Gasteiger partial charge on any atom is 0.240 e. The standard InChI is InChI=1S/C13H24N2OS/c1-10(2)11-3-6-15(7-4-11)13(16)12-9-17-8-5-14-12/h10-12,14H,3-9H2,1-2H3. The van der Waals surface area contributed by atoms with E-state index in [2.05, 4.69) is 24.1 Å². The lowest BCUT2D eigenvalue weighted by Gasteiger charge is -2.36. The van der Waals surface area contributed by atoms with Crippen molar-refractivity contribution in [1.29, 1.82) is 0 Å². The molecule has 0 aromatic heterocycles. The molecule has 0 spiro atoms. The Morgan fingerprint density at radius 2 is 2.06 bits per heavy atom. The van der Waals surface area contributed by atoms with Gasteiger partial charge in [-0.2, -0.15) is 11.8 Å². The third-order valence-electron chi connectivity index (χ3n) is 4.01. The van der Waals surface area contributed by atoms with E-state index in [-0.39, 0.29) is 6.04 Å². The molecular formula is C13H24N2OS. The molecule has 0 aromatic carbocycles. The molecule has 0 aliphatic carbocycles. The Balaban J connectivity index is 1.81. The van der Waals surface area contributed by atoms with Crippen LogP contribution in [0.4, 0.5) is 0 Å². The van der Waals surface area contributed by atoms with Gasteiger partial charge in [-0.25, -0.2) is 0 Å². The number of amides is 1. The zero-order chi connectivity index (χ0) is 12.3. The molecule has 1 amide bonds. The normalized spacial score (nSPS) is 27.5. The number of nitrogens with zero attached hydrogens (tertiary/aromatic N) is 1. The molecule has 3 nitrogen and oxygen atoms in total. The summed E-state index contributed by atoms with van der Waals surface area (Å²) < 4.78 is 0. The number of nitrogens with one attached hydrogen (secondary N) is 1. The second-order valence-electron chi connectivity index (χ2n) is 5.49. The zero-order valence-corrected chi connectivity index (χ0v) is 11.8. The van der Waals surface area contributed by atoms with E-state index in [0.717, 1.165) is 43.0 Å². The first kappa shape index (κ1) is 13.2. The van der Waals surface area contributed by atoms with Crippen molar-refractivity contribution in [2.75, 3.05) is 31.1 Å². The molecule has 1 N–H and O–H groups in total. The van der Waals surface area contributed by atoms with Crippen LogP contribution in [0.5, 0.6) is 0 Å². The molecule has 1 unspecified atom stereocenters. The van der Waals surface area contributed by atoms with E-state index in [4.69, 9.17) is 0 Å². The Labute approximate surface area is 109 Å². The third kappa shape index (κ3) is 3.38. The summed E-state index contributed by atoms with van der Waals surface area (Å²) in [5.74, 6) is 3.99. The van der Waals surface area contributed by atoms with E-state index >= 15 is 0 Å². The second kappa shape index (κ2) is 6.10. The van der Waals surface area contributed by atoms with Gasteiger partial charge in [0.25, 0.3) is 0 Å². The van der Waals surface area contributed by atoms with Crippen LogP contribution >= 0.6 is 11.8 Å². The maximum atomic E-state index is 12.3.